The lowest BCUT2D eigenvalue weighted by Crippen LogP contribution is -2.41. The van der Waals surface area contributed by atoms with E-state index in [1.807, 2.05) is 12.1 Å². The number of halogens is 1. The zero-order valence-electron chi connectivity index (χ0n) is 14.7. The van der Waals surface area contributed by atoms with Crippen molar-refractivity contribution < 1.29 is 14.6 Å². The van der Waals surface area contributed by atoms with Crippen LogP contribution in [0, 0.1) is 0 Å². The Hall–Kier alpha value is -1.95. The molecule has 0 bridgehead atoms. The van der Waals surface area contributed by atoms with Gasteiger partial charge in [-0.1, -0.05) is 24.3 Å². The molecule has 0 fully saturated rings. The molecule has 0 radical (unpaired) electrons. The molecule has 5 heteroatoms. The minimum atomic E-state index is -0.984. The van der Waals surface area contributed by atoms with Crippen molar-refractivity contribution in [3.63, 3.8) is 0 Å². The zero-order valence-corrected chi connectivity index (χ0v) is 14.7. The van der Waals surface area contributed by atoms with Crippen molar-refractivity contribution in [1.29, 1.82) is 0 Å². The molecule has 2 aromatic carbocycles. The maximum absolute atomic E-state index is 13.2. The molecule has 0 saturated heterocycles. The van der Waals surface area contributed by atoms with Gasteiger partial charge in [-0.3, -0.25) is 0 Å². The third-order valence-electron chi connectivity index (χ3n) is 5.66. The lowest BCUT2D eigenvalue weighted by Gasteiger charge is -2.38. The van der Waals surface area contributed by atoms with Gasteiger partial charge in [0.15, 0.2) is 0 Å². The molecule has 3 unspecified atom stereocenters. The van der Waals surface area contributed by atoms with Crippen molar-refractivity contribution in [2.24, 2.45) is 0 Å². The predicted octanol–water partition coefficient (Wildman–Crippen LogP) is 2.34. The molecule has 0 aliphatic carbocycles. The van der Waals surface area contributed by atoms with Gasteiger partial charge >= 0.3 is 0 Å². The highest BCUT2D eigenvalue weighted by atomic mass is 19.1. The molecule has 26 heavy (non-hydrogen) atoms. The SMILES string of the molecule is Oc1cccc(CC2NCC(C(O)CF)c3ccc4c(c32)CCNC4)c1. The summed E-state index contributed by atoms with van der Waals surface area (Å²) in [6.45, 7) is 1.59. The maximum Gasteiger partial charge on any atom is 0.116 e. The van der Waals surface area contributed by atoms with Crippen LogP contribution < -0.4 is 10.6 Å². The lowest BCUT2D eigenvalue weighted by molar-refractivity contribution is 0.105. The van der Waals surface area contributed by atoms with Gasteiger partial charge in [0.25, 0.3) is 0 Å². The van der Waals surface area contributed by atoms with Crippen molar-refractivity contribution in [3.8, 4) is 5.75 Å². The van der Waals surface area contributed by atoms with Crippen molar-refractivity contribution >= 4 is 0 Å². The summed E-state index contributed by atoms with van der Waals surface area (Å²) in [5.41, 5.74) is 5.96. The van der Waals surface area contributed by atoms with Gasteiger partial charge in [-0.15, -0.1) is 0 Å². The minimum absolute atomic E-state index is 0.0999. The Morgan fingerprint density at radius 3 is 2.92 bits per heavy atom. The average molecular weight is 356 g/mol. The molecule has 0 saturated carbocycles. The molecule has 4 N–H and O–H groups in total. The van der Waals surface area contributed by atoms with Crippen LogP contribution in [0.25, 0.3) is 0 Å². The first-order chi connectivity index (χ1) is 12.7. The zero-order chi connectivity index (χ0) is 18.1. The fraction of sp³-hybridized carbons (Fsp3) is 0.429. The van der Waals surface area contributed by atoms with Crippen molar-refractivity contribution in [1.82, 2.24) is 10.6 Å². The summed E-state index contributed by atoms with van der Waals surface area (Å²) in [5, 5.41) is 26.9. The van der Waals surface area contributed by atoms with E-state index in [1.165, 1.54) is 16.7 Å². The molecule has 4 nitrogen and oxygen atoms in total. The Balaban J connectivity index is 1.75. The van der Waals surface area contributed by atoms with E-state index in [-0.39, 0.29) is 17.7 Å². The van der Waals surface area contributed by atoms with Crippen molar-refractivity contribution in [3.05, 3.63) is 64.2 Å². The number of aliphatic hydroxyl groups is 1. The third-order valence-corrected chi connectivity index (χ3v) is 5.66. The summed E-state index contributed by atoms with van der Waals surface area (Å²) < 4.78 is 13.2. The number of aromatic hydroxyl groups is 1. The summed E-state index contributed by atoms with van der Waals surface area (Å²) in [4.78, 5) is 0. The summed E-state index contributed by atoms with van der Waals surface area (Å²) >= 11 is 0. The van der Waals surface area contributed by atoms with E-state index in [9.17, 15) is 14.6 Å². The molecule has 0 amide bonds. The number of benzene rings is 2. The van der Waals surface area contributed by atoms with E-state index >= 15 is 0 Å². The van der Waals surface area contributed by atoms with E-state index in [2.05, 4.69) is 22.8 Å². The molecule has 2 aliphatic heterocycles. The second kappa shape index (κ2) is 7.35. The number of alkyl halides is 1. The van der Waals surface area contributed by atoms with E-state index in [4.69, 9.17) is 0 Å². The first kappa shape index (κ1) is 17.5. The molecular formula is C21H25FN2O2. The van der Waals surface area contributed by atoms with E-state index in [1.54, 1.807) is 12.1 Å². The number of phenolic OH excluding ortho intramolecular Hbond substituents is 1. The normalized spacial score (nSPS) is 23.2. The van der Waals surface area contributed by atoms with Crippen LogP contribution in [-0.2, 0) is 19.4 Å². The molecule has 2 heterocycles. The summed E-state index contributed by atoms with van der Waals surface area (Å²) in [5.74, 6) is 0.0409. The first-order valence-corrected chi connectivity index (χ1v) is 9.28. The molecule has 2 aromatic rings. The van der Waals surface area contributed by atoms with Gasteiger partial charge in [-0.05, 0) is 59.3 Å². The first-order valence-electron chi connectivity index (χ1n) is 9.28. The molecule has 0 spiro atoms. The van der Waals surface area contributed by atoms with Crippen LogP contribution in [0.5, 0.6) is 5.75 Å². The van der Waals surface area contributed by atoms with Gasteiger partial charge in [0, 0.05) is 25.0 Å². The molecule has 3 atom stereocenters. The highest BCUT2D eigenvalue weighted by Crippen LogP contribution is 2.38. The van der Waals surface area contributed by atoms with E-state index in [0.29, 0.717) is 6.54 Å². The Kier molecular flexibility index (Phi) is 4.94. The smallest absolute Gasteiger partial charge is 0.116 e. The predicted molar refractivity (Wildman–Crippen MR) is 99.1 cm³/mol. The van der Waals surface area contributed by atoms with E-state index in [0.717, 1.165) is 37.1 Å². The summed E-state index contributed by atoms with van der Waals surface area (Å²) in [6.07, 6.45) is 0.710. The number of fused-ring (bicyclic) bond motifs is 3. The van der Waals surface area contributed by atoms with E-state index < -0.39 is 12.8 Å². The van der Waals surface area contributed by atoms with Crippen LogP contribution >= 0.6 is 0 Å². The highest BCUT2D eigenvalue weighted by molar-refractivity contribution is 5.48. The van der Waals surface area contributed by atoms with Gasteiger partial charge in [-0.25, -0.2) is 4.39 Å². The molecule has 2 aliphatic rings. The summed E-state index contributed by atoms with van der Waals surface area (Å²) in [7, 11) is 0. The van der Waals surface area contributed by atoms with Crippen LogP contribution in [-0.4, -0.2) is 36.1 Å². The molecule has 0 aromatic heterocycles. The number of hydrogen-bond donors (Lipinski definition) is 4. The second-order valence-corrected chi connectivity index (χ2v) is 7.30. The largest absolute Gasteiger partial charge is 0.508 e. The monoisotopic (exact) mass is 356 g/mol. The van der Waals surface area contributed by atoms with Gasteiger partial charge in [0.05, 0.1) is 6.10 Å². The van der Waals surface area contributed by atoms with Crippen LogP contribution in [0.15, 0.2) is 36.4 Å². The maximum atomic E-state index is 13.2. The Labute approximate surface area is 153 Å². The number of rotatable bonds is 4. The van der Waals surface area contributed by atoms with Crippen molar-refractivity contribution in [2.45, 2.75) is 37.5 Å². The van der Waals surface area contributed by atoms with Gasteiger partial charge < -0.3 is 20.8 Å². The van der Waals surface area contributed by atoms with Crippen LogP contribution in [0.3, 0.4) is 0 Å². The lowest BCUT2D eigenvalue weighted by atomic mass is 9.77. The second-order valence-electron chi connectivity index (χ2n) is 7.30. The van der Waals surface area contributed by atoms with Crippen LogP contribution in [0.4, 0.5) is 4.39 Å². The van der Waals surface area contributed by atoms with Gasteiger partial charge in [0.1, 0.15) is 12.4 Å². The number of phenols is 1. The van der Waals surface area contributed by atoms with Crippen LogP contribution in [0.2, 0.25) is 0 Å². The fourth-order valence-corrected chi connectivity index (χ4v) is 4.39. The Bertz CT molecular complexity index is 796. The number of aliphatic hydroxyl groups excluding tert-OH is 1. The molecular weight excluding hydrogens is 331 g/mol. The quantitative estimate of drug-likeness (QED) is 0.679. The number of hydrogen-bond acceptors (Lipinski definition) is 4. The Morgan fingerprint density at radius 1 is 1.23 bits per heavy atom. The standard InChI is InChI=1S/C21H25FN2O2/c22-10-20(26)18-12-24-19(9-13-2-1-3-15(25)8-13)21-16-6-7-23-11-14(16)4-5-17(18)21/h1-5,8,18-20,23-26H,6-7,9-12H2. The van der Waals surface area contributed by atoms with Crippen molar-refractivity contribution in [2.75, 3.05) is 19.8 Å². The van der Waals surface area contributed by atoms with Gasteiger partial charge in [-0.2, -0.15) is 0 Å². The third kappa shape index (κ3) is 3.22. The topological polar surface area (TPSA) is 64.5 Å². The molecule has 138 valence electrons. The average Bonchev–Trinajstić information content (AvgIpc) is 2.67. The Morgan fingerprint density at radius 2 is 2.12 bits per heavy atom. The number of nitrogens with one attached hydrogen (secondary N) is 2. The van der Waals surface area contributed by atoms with Crippen LogP contribution in [0.1, 0.15) is 39.8 Å². The van der Waals surface area contributed by atoms with Gasteiger partial charge in [0.2, 0.25) is 0 Å². The molecule has 4 rings (SSSR count). The summed E-state index contributed by atoms with van der Waals surface area (Å²) in [6, 6.07) is 11.6. The minimum Gasteiger partial charge on any atom is -0.508 e. The highest BCUT2D eigenvalue weighted by Gasteiger charge is 2.34. The fourth-order valence-electron chi connectivity index (χ4n) is 4.39.